The Bertz CT molecular complexity index is 868. The Labute approximate surface area is 135 Å². The van der Waals surface area contributed by atoms with E-state index in [1.165, 1.54) is 6.07 Å². The third kappa shape index (κ3) is 4.37. The molecular weight excluding hydrogens is 359 g/mol. The summed E-state index contributed by atoms with van der Waals surface area (Å²) < 4.78 is 91.5. The summed E-state index contributed by atoms with van der Waals surface area (Å²) in [6, 6.07) is 4.42. The Morgan fingerprint density at radius 1 is 0.960 bits per heavy atom. The zero-order valence-corrected chi connectivity index (χ0v) is 12.0. The predicted molar refractivity (Wildman–Crippen MR) is 71.5 cm³/mol. The van der Waals surface area contributed by atoms with E-state index in [-0.39, 0.29) is 15.7 Å². The number of nitrogens with zero attached hydrogens (tertiary/aromatic N) is 1. The van der Waals surface area contributed by atoms with Gasteiger partial charge in [0.2, 0.25) is 5.84 Å². The average molecular weight is 367 g/mol. The van der Waals surface area contributed by atoms with Crippen molar-refractivity contribution in [2.24, 2.45) is 0 Å². The molecule has 1 aromatic heterocycles. The molecule has 1 heterocycles. The monoisotopic (exact) mass is 367 g/mol. The van der Waals surface area contributed by atoms with Gasteiger partial charge < -0.3 is 4.74 Å². The van der Waals surface area contributed by atoms with Gasteiger partial charge in [0.05, 0.1) is 0 Å². The molecule has 0 aliphatic rings. The Morgan fingerprint density at radius 3 is 2.08 bits per heavy atom. The summed E-state index contributed by atoms with van der Waals surface area (Å²) in [6.07, 6.45) is -9.36. The highest BCUT2D eigenvalue weighted by Gasteiger charge is 2.36. The molecule has 0 aliphatic carbocycles. The number of benzene rings is 1. The quantitative estimate of drug-likeness (QED) is 0.469. The van der Waals surface area contributed by atoms with Gasteiger partial charge in [0, 0.05) is 6.20 Å². The van der Waals surface area contributed by atoms with Crippen molar-refractivity contribution >= 4 is 5.84 Å². The highest BCUT2D eigenvalue weighted by molar-refractivity contribution is 5.87. The molecule has 25 heavy (non-hydrogen) atoms. The molecule has 0 unspecified atom stereocenters. The summed E-state index contributed by atoms with van der Waals surface area (Å²) in [5, 5.41) is 14.5. The number of ether oxygens (including phenoxy) is 1. The Balaban J connectivity index is 2.45. The highest BCUT2D eigenvalue weighted by atomic mass is 19.4. The second-order valence-corrected chi connectivity index (χ2v) is 4.71. The molecule has 0 fully saturated rings. The van der Waals surface area contributed by atoms with E-state index in [9.17, 15) is 30.7 Å². The van der Waals surface area contributed by atoms with Crippen molar-refractivity contribution < 1.29 is 35.5 Å². The fraction of sp³-hybridized carbons (Fsp3) is 0.143. The Hall–Kier alpha value is -2.85. The molecule has 0 saturated carbocycles. The lowest BCUT2D eigenvalue weighted by Crippen LogP contribution is -2.36. The smallest absolute Gasteiger partial charge is 0.403 e. The lowest BCUT2D eigenvalue weighted by molar-refractivity contribution is -0.275. The van der Waals surface area contributed by atoms with Crippen LogP contribution in [0.1, 0.15) is 0 Å². The lowest BCUT2D eigenvalue weighted by atomic mass is 10.1. The van der Waals surface area contributed by atoms with Crippen LogP contribution >= 0.6 is 0 Å². The highest BCUT2D eigenvalue weighted by Crippen LogP contribution is 2.29. The molecule has 134 valence electrons. The van der Waals surface area contributed by atoms with Crippen LogP contribution in [-0.2, 0) is 0 Å². The van der Waals surface area contributed by atoms with Crippen molar-refractivity contribution in [3.63, 3.8) is 0 Å². The van der Waals surface area contributed by atoms with E-state index in [0.717, 1.165) is 18.3 Å². The van der Waals surface area contributed by atoms with Gasteiger partial charge in [-0.05, 0) is 35.4 Å². The molecule has 2 aromatic rings. The van der Waals surface area contributed by atoms with Crippen molar-refractivity contribution in [2.45, 2.75) is 12.5 Å². The molecule has 11 heteroatoms. The minimum absolute atomic E-state index is 0.0394. The van der Waals surface area contributed by atoms with Gasteiger partial charge in [0.25, 0.3) is 0 Å². The second-order valence-electron chi connectivity index (χ2n) is 4.71. The van der Waals surface area contributed by atoms with E-state index in [4.69, 9.17) is 10.8 Å². The zero-order chi connectivity index (χ0) is 19.0. The molecule has 2 rings (SSSR count). The topological polar surface area (TPSA) is 61.9 Å². The SMILES string of the molecule is N=C(n1cc(-c2ccc(OC(F)(F)F)c(F)c2)ccc1=N)C(F)(F)F. The number of halogens is 7. The number of pyridine rings is 1. The first-order valence-corrected chi connectivity index (χ1v) is 6.37. The average Bonchev–Trinajstić information content (AvgIpc) is 2.47. The van der Waals surface area contributed by atoms with Crippen molar-refractivity contribution in [1.82, 2.24) is 4.57 Å². The van der Waals surface area contributed by atoms with E-state index in [2.05, 4.69) is 4.74 Å². The summed E-state index contributed by atoms with van der Waals surface area (Å²) >= 11 is 0. The molecular formula is C14H8F7N3O. The molecule has 0 bridgehead atoms. The van der Waals surface area contributed by atoms with Gasteiger partial charge in [-0.1, -0.05) is 6.07 Å². The van der Waals surface area contributed by atoms with Crippen LogP contribution in [0.3, 0.4) is 0 Å². The van der Waals surface area contributed by atoms with Crippen LogP contribution in [0.25, 0.3) is 11.1 Å². The minimum Gasteiger partial charge on any atom is -0.403 e. The van der Waals surface area contributed by atoms with Crippen molar-refractivity contribution in [2.75, 3.05) is 0 Å². The fourth-order valence-corrected chi connectivity index (χ4v) is 1.88. The standard InChI is InChI=1S/C14H8F7N3O/c15-9-5-7(1-3-10(9)25-14(19,20)21)8-2-4-11(22)24(6-8)12(23)13(16,17)18/h1-6,22-23H. The molecule has 0 saturated heterocycles. The first kappa shape index (κ1) is 18.5. The molecule has 2 N–H and O–H groups in total. The van der Waals surface area contributed by atoms with Crippen LogP contribution in [0.2, 0.25) is 0 Å². The molecule has 0 spiro atoms. The van der Waals surface area contributed by atoms with Crippen LogP contribution in [0.4, 0.5) is 30.7 Å². The van der Waals surface area contributed by atoms with Crippen molar-refractivity contribution in [3.05, 3.63) is 47.8 Å². The molecule has 4 nitrogen and oxygen atoms in total. The van der Waals surface area contributed by atoms with Gasteiger partial charge in [0.1, 0.15) is 5.49 Å². The van der Waals surface area contributed by atoms with Crippen molar-refractivity contribution in [1.29, 1.82) is 10.8 Å². The fourth-order valence-electron chi connectivity index (χ4n) is 1.88. The van der Waals surface area contributed by atoms with Gasteiger partial charge in [-0.25, -0.2) is 4.39 Å². The van der Waals surface area contributed by atoms with Crippen LogP contribution in [-0.4, -0.2) is 22.9 Å². The number of alkyl halides is 6. The normalized spacial score (nSPS) is 12.1. The van der Waals surface area contributed by atoms with E-state index in [1.54, 1.807) is 0 Å². The van der Waals surface area contributed by atoms with Gasteiger partial charge >= 0.3 is 12.5 Å². The van der Waals surface area contributed by atoms with Crippen LogP contribution in [0.15, 0.2) is 36.5 Å². The van der Waals surface area contributed by atoms with E-state index >= 15 is 0 Å². The number of nitrogens with one attached hydrogen (secondary N) is 2. The zero-order valence-electron chi connectivity index (χ0n) is 12.0. The largest absolute Gasteiger partial charge is 0.573 e. The summed E-state index contributed by atoms with van der Waals surface area (Å²) in [7, 11) is 0. The Morgan fingerprint density at radius 2 is 1.56 bits per heavy atom. The maximum absolute atomic E-state index is 13.7. The summed E-state index contributed by atoms with van der Waals surface area (Å²) in [5.74, 6) is -4.30. The lowest BCUT2D eigenvalue weighted by Gasteiger charge is -2.14. The van der Waals surface area contributed by atoms with Gasteiger partial charge in [-0.15, -0.1) is 13.2 Å². The van der Waals surface area contributed by atoms with E-state index in [0.29, 0.717) is 12.1 Å². The molecule has 0 amide bonds. The van der Waals surface area contributed by atoms with Crippen LogP contribution in [0.5, 0.6) is 5.75 Å². The maximum atomic E-state index is 13.7. The van der Waals surface area contributed by atoms with Gasteiger partial charge in [-0.3, -0.25) is 15.4 Å². The summed E-state index contributed by atoms with van der Waals surface area (Å²) in [4.78, 5) is 0. The number of aromatic nitrogens is 1. The van der Waals surface area contributed by atoms with Crippen LogP contribution in [0, 0.1) is 16.6 Å². The predicted octanol–water partition coefficient (Wildman–Crippen LogP) is 4.06. The molecule has 0 atom stereocenters. The first-order chi connectivity index (χ1) is 11.4. The third-order valence-electron chi connectivity index (χ3n) is 2.95. The van der Waals surface area contributed by atoms with Crippen LogP contribution < -0.4 is 10.2 Å². The van der Waals surface area contributed by atoms with E-state index in [1.807, 2.05) is 0 Å². The van der Waals surface area contributed by atoms with Gasteiger partial charge in [-0.2, -0.15) is 13.2 Å². The molecule has 0 aliphatic heterocycles. The number of hydrogen-bond donors (Lipinski definition) is 2. The minimum atomic E-state index is -5.10. The number of rotatable bonds is 2. The molecule has 0 radical (unpaired) electrons. The Kier molecular flexibility index (Phi) is 4.60. The van der Waals surface area contributed by atoms with E-state index < -0.39 is 35.4 Å². The van der Waals surface area contributed by atoms with Crippen molar-refractivity contribution in [3.8, 4) is 16.9 Å². The van der Waals surface area contributed by atoms with Gasteiger partial charge in [0.15, 0.2) is 11.6 Å². The maximum Gasteiger partial charge on any atom is 0.573 e. The molecule has 1 aromatic carbocycles. The first-order valence-electron chi connectivity index (χ1n) is 6.37. The summed E-state index contributed by atoms with van der Waals surface area (Å²) in [6.45, 7) is 0. The summed E-state index contributed by atoms with van der Waals surface area (Å²) in [5.41, 5.74) is -0.748. The number of hydrogen-bond acceptors (Lipinski definition) is 3. The third-order valence-corrected chi connectivity index (χ3v) is 2.95. The second kappa shape index (κ2) is 6.22.